The maximum absolute atomic E-state index is 12.1. The molecule has 0 radical (unpaired) electrons. The van der Waals surface area contributed by atoms with Gasteiger partial charge in [0.2, 0.25) is 0 Å². The first-order valence-electron chi connectivity index (χ1n) is 5.54. The highest BCUT2D eigenvalue weighted by Crippen LogP contribution is 2.40. The molecule has 0 aromatic heterocycles. The van der Waals surface area contributed by atoms with Crippen LogP contribution in [0.5, 0.6) is 0 Å². The number of amides is 1. The molecular weight excluding hydrogens is 270 g/mol. The number of nitrogens with zero attached hydrogens (tertiary/aromatic N) is 1. The van der Waals surface area contributed by atoms with Gasteiger partial charge in [0, 0.05) is 0 Å². The molecular formula is C12H13NO5S. The summed E-state index contributed by atoms with van der Waals surface area (Å²) < 4.78 is 23.4. The second-order valence-corrected chi connectivity index (χ2v) is 7.23. The molecule has 1 N–H and O–H groups in total. The van der Waals surface area contributed by atoms with Crippen LogP contribution in [0.3, 0.4) is 0 Å². The lowest BCUT2D eigenvalue weighted by atomic mass is 10.1. The van der Waals surface area contributed by atoms with E-state index in [1.165, 1.54) is 32.0 Å². The minimum atomic E-state index is -3.78. The van der Waals surface area contributed by atoms with E-state index in [-0.39, 0.29) is 11.3 Å². The summed E-state index contributed by atoms with van der Waals surface area (Å²) >= 11 is 0. The summed E-state index contributed by atoms with van der Waals surface area (Å²) in [5, 5.41) is 8.92. The fourth-order valence-corrected chi connectivity index (χ4v) is 3.39. The molecule has 7 heteroatoms. The highest BCUT2D eigenvalue weighted by atomic mass is 32.2. The van der Waals surface area contributed by atoms with Gasteiger partial charge in [-0.3, -0.25) is 4.79 Å². The molecule has 0 aliphatic carbocycles. The Morgan fingerprint density at radius 2 is 1.89 bits per heavy atom. The van der Waals surface area contributed by atoms with E-state index in [9.17, 15) is 18.0 Å². The standard InChI is InChI=1S/C12H13NO5S/c1-7-4-5-8(10(14)15)6-9(7)13-11(16)12(2,3)19(13,17)18/h4-6H,1-3H3,(H,14,15). The number of rotatable bonds is 2. The number of carboxylic acid groups (broad SMARTS) is 1. The minimum absolute atomic E-state index is 0.0618. The number of aromatic carboxylic acids is 1. The van der Waals surface area contributed by atoms with Gasteiger partial charge < -0.3 is 5.11 Å². The van der Waals surface area contributed by atoms with Gasteiger partial charge in [0.15, 0.2) is 4.75 Å². The molecule has 1 aromatic rings. The molecule has 1 fully saturated rings. The van der Waals surface area contributed by atoms with Gasteiger partial charge in [-0.05, 0) is 38.5 Å². The highest BCUT2D eigenvalue weighted by Gasteiger charge is 2.61. The fourth-order valence-electron chi connectivity index (χ4n) is 1.85. The predicted octanol–water partition coefficient (Wildman–Crippen LogP) is 1.15. The Hall–Kier alpha value is -1.89. The van der Waals surface area contributed by atoms with Crippen LogP contribution in [0.15, 0.2) is 18.2 Å². The SMILES string of the molecule is Cc1ccc(C(=O)O)cc1N1C(=O)C(C)(C)S1(=O)=O. The van der Waals surface area contributed by atoms with Crippen molar-refractivity contribution in [1.29, 1.82) is 0 Å². The second kappa shape index (κ2) is 3.80. The van der Waals surface area contributed by atoms with E-state index < -0.39 is 26.6 Å². The molecule has 1 aromatic carbocycles. The monoisotopic (exact) mass is 283 g/mol. The number of carbonyl (C=O) groups excluding carboxylic acids is 1. The first-order chi connectivity index (χ1) is 8.60. The van der Waals surface area contributed by atoms with Crippen LogP contribution in [0.25, 0.3) is 0 Å². The third-order valence-corrected chi connectivity index (χ3v) is 5.57. The Morgan fingerprint density at radius 1 is 1.32 bits per heavy atom. The number of hydrogen-bond donors (Lipinski definition) is 1. The van der Waals surface area contributed by atoms with Gasteiger partial charge in [-0.1, -0.05) is 6.07 Å². The normalized spacial score (nSPS) is 19.9. The van der Waals surface area contributed by atoms with Crippen molar-refractivity contribution >= 4 is 27.6 Å². The third kappa shape index (κ3) is 1.65. The topological polar surface area (TPSA) is 91.8 Å². The summed E-state index contributed by atoms with van der Waals surface area (Å²) in [6.07, 6.45) is 0. The summed E-state index contributed by atoms with van der Waals surface area (Å²) in [7, 11) is -3.78. The summed E-state index contributed by atoms with van der Waals surface area (Å²) in [5.74, 6) is -1.73. The molecule has 0 spiro atoms. The molecule has 0 atom stereocenters. The molecule has 102 valence electrons. The molecule has 1 heterocycles. The van der Waals surface area contributed by atoms with Gasteiger partial charge in [-0.15, -0.1) is 0 Å². The van der Waals surface area contributed by atoms with E-state index in [1.807, 2.05) is 0 Å². The van der Waals surface area contributed by atoms with Crippen LogP contribution in [0.1, 0.15) is 29.8 Å². The summed E-state index contributed by atoms with van der Waals surface area (Å²) in [4.78, 5) is 22.8. The van der Waals surface area contributed by atoms with E-state index in [0.717, 1.165) is 0 Å². The molecule has 0 unspecified atom stereocenters. The lowest BCUT2D eigenvalue weighted by molar-refractivity contribution is -0.120. The Morgan fingerprint density at radius 3 is 2.37 bits per heavy atom. The summed E-state index contributed by atoms with van der Waals surface area (Å²) in [6.45, 7) is 4.28. The van der Waals surface area contributed by atoms with E-state index in [0.29, 0.717) is 9.87 Å². The van der Waals surface area contributed by atoms with E-state index in [4.69, 9.17) is 5.11 Å². The van der Waals surface area contributed by atoms with E-state index in [2.05, 4.69) is 0 Å². The molecule has 2 rings (SSSR count). The molecule has 1 aliphatic heterocycles. The number of benzene rings is 1. The lowest BCUT2D eigenvalue weighted by Crippen LogP contribution is -2.67. The fraction of sp³-hybridized carbons (Fsp3) is 0.333. The molecule has 19 heavy (non-hydrogen) atoms. The zero-order valence-corrected chi connectivity index (χ0v) is 11.5. The van der Waals surface area contributed by atoms with Crippen molar-refractivity contribution in [1.82, 2.24) is 0 Å². The van der Waals surface area contributed by atoms with Crippen LogP contribution in [0.2, 0.25) is 0 Å². The Kier molecular flexibility index (Phi) is 2.71. The molecule has 0 bridgehead atoms. The van der Waals surface area contributed by atoms with Crippen LogP contribution in [0.4, 0.5) is 5.69 Å². The Labute approximate surface area is 110 Å². The number of carboxylic acids is 1. The van der Waals surface area contributed by atoms with Gasteiger partial charge >= 0.3 is 5.97 Å². The average molecular weight is 283 g/mol. The minimum Gasteiger partial charge on any atom is -0.478 e. The molecule has 1 aliphatic rings. The summed E-state index contributed by atoms with van der Waals surface area (Å²) in [5.41, 5.74) is 0.565. The number of sulfonamides is 1. The first-order valence-corrected chi connectivity index (χ1v) is 6.98. The van der Waals surface area contributed by atoms with Crippen LogP contribution >= 0.6 is 0 Å². The van der Waals surface area contributed by atoms with Crippen molar-refractivity contribution in [2.24, 2.45) is 0 Å². The van der Waals surface area contributed by atoms with Crippen molar-refractivity contribution in [3.05, 3.63) is 29.3 Å². The lowest BCUT2D eigenvalue weighted by Gasteiger charge is -2.43. The molecule has 1 saturated heterocycles. The quantitative estimate of drug-likeness (QED) is 0.879. The van der Waals surface area contributed by atoms with Gasteiger partial charge in [-0.2, -0.15) is 0 Å². The maximum Gasteiger partial charge on any atom is 0.335 e. The smallest absolute Gasteiger partial charge is 0.335 e. The first kappa shape index (κ1) is 13.5. The number of aryl methyl sites for hydroxylation is 1. The van der Waals surface area contributed by atoms with E-state index in [1.54, 1.807) is 6.92 Å². The number of anilines is 1. The maximum atomic E-state index is 12.1. The largest absolute Gasteiger partial charge is 0.478 e. The zero-order chi connectivity index (χ0) is 14.6. The van der Waals surface area contributed by atoms with Crippen LogP contribution in [-0.2, 0) is 14.8 Å². The second-order valence-electron chi connectivity index (χ2n) is 4.89. The van der Waals surface area contributed by atoms with Gasteiger partial charge in [-0.25, -0.2) is 17.5 Å². The van der Waals surface area contributed by atoms with Crippen molar-refractivity contribution in [3.63, 3.8) is 0 Å². The third-order valence-electron chi connectivity index (χ3n) is 3.26. The van der Waals surface area contributed by atoms with E-state index >= 15 is 0 Å². The highest BCUT2D eigenvalue weighted by molar-refractivity contribution is 7.98. The predicted molar refractivity (Wildman–Crippen MR) is 68.6 cm³/mol. The zero-order valence-electron chi connectivity index (χ0n) is 10.7. The van der Waals surface area contributed by atoms with Crippen molar-refractivity contribution in [2.45, 2.75) is 25.5 Å². The van der Waals surface area contributed by atoms with Crippen LogP contribution < -0.4 is 4.31 Å². The van der Waals surface area contributed by atoms with Crippen molar-refractivity contribution in [2.75, 3.05) is 4.31 Å². The molecule has 0 saturated carbocycles. The molecule has 6 nitrogen and oxygen atoms in total. The average Bonchev–Trinajstić information content (AvgIpc) is 2.30. The van der Waals surface area contributed by atoms with Gasteiger partial charge in [0.05, 0.1) is 11.3 Å². The summed E-state index contributed by atoms with van der Waals surface area (Å²) in [6, 6.07) is 4.04. The van der Waals surface area contributed by atoms with Gasteiger partial charge in [0.1, 0.15) is 0 Å². The number of hydrogen-bond acceptors (Lipinski definition) is 4. The van der Waals surface area contributed by atoms with Crippen LogP contribution in [-0.4, -0.2) is 30.1 Å². The number of carbonyl (C=O) groups is 2. The Bertz CT molecular complexity index is 690. The van der Waals surface area contributed by atoms with Crippen LogP contribution in [0, 0.1) is 6.92 Å². The van der Waals surface area contributed by atoms with Gasteiger partial charge in [0.25, 0.3) is 15.9 Å². The van der Waals surface area contributed by atoms with Crippen molar-refractivity contribution in [3.8, 4) is 0 Å². The Balaban J connectivity index is 2.59. The van der Waals surface area contributed by atoms with Crippen molar-refractivity contribution < 1.29 is 23.1 Å². The molecule has 1 amide bonds.